The zero-order chi connectivity index (χ0) is 23.1. The van der Waals surface area contributed by atoms with Crippen molar-refractivity contribution in [3.8, 4) is 5.75 Å². The molecule has 1 saturated heterocycles. The van der Waals surface area contributed by atoms with E-state index in [-0.39, 0.29) is 42.7 Å². The lowest BCUT2D eigenvalue weighted by Crippen LogP contribution is -2.50. The second-order valence-electron chi connectivity index (χ2n) is 7.32. The quantitative estimate of drug-likeness (QED) is 0.337. The molecule has 34 heavy (non-hydrogen) atoms. The van der Waals surface area contributed by atoms with E-state index in [1.165, 1.54) is 30.6 Å². The van der Waals surface area contributed by atoms with Gasteiger partial charge in [-0.2, -0.15) is 4.31 Å². The highest BCUT2D eigenvalue weighted by Gasteiger charge is 2.37. The van der Waals surface area contributed by atoms with E-state index in [1.807, 2.05) is 6.92 Å². The molecule has 192 valence electrons. The summed E-state index contributed by atoms with van der Waals surface area (Å²) in [5.74, 6) is -0.273. The molecule has 1 unspecified atom stereocenters. The number of aryl methyl sites for hydroxylation is 1. The molecule has 3 rings (SSSR count). The van der Waals surface area contributed by atoms with Crippen molar-refractivity contribution in [3.05, 3.63) is 40.3 Å². The first-order valence-corrected chi connectivity index (χ1v) is 12.5. The number of ether oxygens (including phenoxy) is 2. The third kappa shape index (κ3) is 7.75. The summed E-state index contributed by atoms with van der Waals surface area (Å²) in [6.07, 6.45) is 0.199. The number of halogens is 2. The third-order valence-corrected chi connectivity index (χ3v) is 7.92. The predicted molar refractivity (Wildman–Crippen MR) is 133 cm³/mol. The van der Waals surface area contributed by atoms with Gasteiger partial charge in [0.15, 0.2) is 0 Å². The highest BCUT2D eigenvalue weighted by Crippen LogP contribution is 2.25. The van der Waals surface area contributed by atoms with Crippen molar-refractivity contribution in [2.24, 2.45) is 0 Å². The van der Waals surface area contributed by atoms with Crippen LogP contribution in [0.25, 0.3) is 0 Å². The van der Waals surface area contributed by atoms with Gasteiger partial charge in [0.05, 0.1) is 42.5 Å². The SMILES string of the molecule is COc1ccc(S(=O)(=O)N(Cc2csc(C)n2)C(CCN2CCOCC2)C(=O)NO)cc1.Cl.Cl. The zero-order valence-electron chi connectivity index (χ0n) is 18.9. The standard InChI is InChI=1S/C20H28N4O6S2.2ClH/c1-15-21-16(14-31-15)13-24(32(27,28)18-5-3-17(29-2)4-6-18)19(20(25)22-26)7-8-23-9-11-30-12-10-23;;/h3-6,14,19,26H,7-13H2,1-2H3,(H,22,25);2*1H. The highest BCUT2D eigenvalue weighted by atomic mass is 35.5. The Bertz CT molecular complexity index is 1000. The molecule has 0 bridgehead atoms. The van der Waals surface area contributed by atoms with Crippen LogP contribution in [0.1, 0.15) is 17.1 Å². The van der Waals surface area contributed by atoms with Gasteiger partial charge in [0.1, 0.15) is 11.8 Å². The predicted octanol–water partition coefficient (Wildman–Crippen LogP) is 2.09. The summed E-state index contributed by atoms with van der Waals surface area (Å²) in [6, 6.07) is 4.84. The number of benzene rings is 1. The molecule has 1 atom stereocenters. The smallest absolute Gasteiger partial charge is 0.261 e. The molecular weight excluding hydrogens is 527 g/mol. The molecule has 14 heteroatoms. The van der Waals surface area contributed by atoms with Crippen LogP contribution in [0, 0.1) is 6.92 Å². The summed E-state index contributed by atoms with van der Waals surface area (Å²) in [7, 11) is -2.60. The maximum absolute atomic E-state index is 13.6. The third-order valence-electron chi connectivity index (χ3n) is 5.23. The van der Waals surface area contributed by atoms with Gasteiger partial charge in [-0.25, -0.2) is 18.9 Å². The highest BCUT2D eigenvalue weighted by molar-refractivity contribution is 7.89. The Morgan fingerprint density at radius 1 is 1.29 bits per heavy atom. The Morgan fingerprint density at radius 3 is 2.47 bits per heavy atom. The van der Waals surface area contributed by atoms with Gasteiger partial charge in [0, 0.05) is 25.0 Å². The second kappa shape index (κ2) is 14.1. The molecular formula is C20H30Cl2N4O6S2. The fourth-order valence-corrected chi connectivity index (χ4v) is 5.69. The van der Waals surface area contributed by atoms with Crippen LogP contribution in [-0.4, -0.2) is 79.7 Å². The van der Waals surface area contributed by atoms with Gasteiger partial charge in [0.25, 0.3) is 5.91 Å². The van der Waals surface area contributed by atoms with E-state index in [0.717, 1.165) is 9.31 Å². The van der Waals surface area contributed by atoms with Gasteiger partial charge in [-0.3, -0.25) is 14.9 Å². The minimum Gasteiger partial charge on any atom is -0.497 e. The molecule has 2 N–H and O–H groups in total. The topological polar surface area (TPSA) is 121 Å². The van der Waals surface area contributed by atoms with Crippen LogP contribution in [0.4, 0.5) is 0 Å². The maximum atomic E-state index is 13.6. The lowest BCUT2D eigenvalue weighted by Gasteiger charge is -2.32. The summed E-state index contributed by atoms with van der Waals surface area (Å²) in [5, 5.41) is 11.9. The molecule has 0 aliphatic carbocycles. The molecule has 1 aromatic heterocycles. The molecule has 2 heterocycles. The summed E-state index contributed by atoms with van der Waals surface area (Å²) in [5.41, 5.74) is 2.17. The summed E-state index contributed by atoms with van der Waals surface area (Å²) < 4.78 is 38.8. The molecule has 1 amide bonds. The minimum atomic E-state index is -4.09. The Balaban J connectivity index is 0.00000289. The molecule has 2 aromatic rings. The first-order valence-electron chi connectivity index (χ1n) is 10.2. The molecule has 1 aliphatic heterocycles. The number of hydrogen-bond donors (Lipinski definition) is 2. The van der Waals surface area contributed by atoms with Crippen LogP contribution in [0.5, 0.6) is 5.75 Å². The normalized spacial score (nSPS) is 15.2. The Hall–Kier alpha value is -1.51. The van der Waals surface area contributed by atoms with Crippen LogP contribution >= 0.6 is 36.2 Å². The molecule has 10 nitrogen and oxygen atoms in total. The molecule has 0 radical (unpaired) electrons. The van der Waals surface area contributed by atoms with E-state index in [2.05, 4.69) is 9.88 Å². The van der Waals surface area contributed by atoms with Gasteiger partial charge in [-0.05, 0) is 37.6 Å². The van der Waals surface area contributed by atoms with Crippen LogP contribution in [0.15, 0.2) is 34.5 Å². The zero-order valence-corrected chi connectivity index (χ0v) is 22.1. The van der Waals surface area contributed by atoms with Crippen LogP contribution in [0.2, 0.25) is 0 Å². The molecule has 1 aromatic carbocycles. The van der Waals surface area contributed by atoms with Crippen molar-refractivity contribution in [2.45, 2.75) is 30.8 Å². The van der Waals surface area contributed by atoms with Gasteiger partial charge in [-0.1, -0.05) is 0 Å². The first kappa shape index (κ1) is 30.5. The summed E-state index contributed by atoms with van der Waals surface area (Å²) in [6.45, 7) is 4.78. The van der Waals surface area contributed by atoms with Crippen molar-refractivity contribution in [1.82, 2.24) is 19.7 Å². The van der Waals surface area contributed by atoms with E-state index in [4.69, 9.17) is 9.47 Å². The maximum Gasteiger partial charge on any atom is 0.261 e. The van der Waals surface area contributed by atoms with Crippen molar-refractivity contribution < 1.29 is 27.9 Å². The number of morpholine rings is 1. The number of amides is 1. The van der Waals surface area contributed by atoms with Crippen molar-refractivity contribution in [1.29, 1.82) is 0 Å². The number of nitrogens with zero attached hydrogens (tertiary/aromatic N) is 3. The molecule has 0 spiro atoms. The van der Waals surface area contributed by atoms with Crippen molar-refractivity contribution >= 4 is 52.1 Å². The van der Waals surface area contributed by atoms with E-state index in [0.29, 0.717) is 44.3 Å². The number of methoxy groups -OCH3 is 1. The molecule has 0 saturated carbocycles. The number of sulfonamides is 1. The number of aromatic nitrogens is 1. The van der Waals surface area contributed by atoms with Gasteiger partial charge >= 0.3 is 0 Å². The number of hydroxylamine groups is 1. The van der Waals surface area contributed by atoms with E-state index < -0.39 is 22.0 Å². The Labute approximate surface area is 216 Å². The first-order chi connectivity index (χ1) is 15.3. The second-order valence-corrected chi connectivity index (χ2v) is 10.3. The average molecular weight is 558 g/mol. The van der Waals surface area contributed by atoms with E-state index in [1.54, 1.807) is 23.0 Å². The number of nitrogens with one attached hydrogen (secondary N) is 1. The molecule has 1 fully saturated rings. The fraction of sp³-hybridized carbons (Fsp3) is 0.500. The lowest BCUT2D eigenvalue weighted by molar-refractivity contribution is -0.133. The van der Waals surface area contributed by atoms with Gasteiger partial charge in [-0.15, -0.1) is 36.2 Å². The van der Waals surface area contributed by atoms with Crippen LogP contribution in [0.3, 0.4) is 0 Å². The molecule has 1 aliphatic rings. The summed E-state index contributed by atoms with van der Waals surface area (Å²) >= 11 is 1.40. The number of rotatable bonds is 10. The van der Waals surface area contributed by atoms with Crippen LogP contribution < -0.4 is 10.2 Å². The largest absolute Gasteiger partial charge is 0.497 e. The minimum absolute atomic E-state index is 0. The van der Waals surface area contributed by atoms with Crippen molar-refractivity contribution in [3.63, 3.8) is 0 Å². The number of carbonyl (C=O) groups is 1. The Kier molecular flexibility index (Phi) is 12.7. The van der Waals surface area contributed by atoms with Crippen LogP contribution in [-0.2, 0) is 26.1 Å². The van der Waals surface area contributed by atoms with Gasteiger partial charge < -0.3 is 9.47 Å². The van der Waals surface area contributed by atoms with Gasteiger partial charge in [0.2, 0.25) is 10.0 Å². The number of thiazole rings is 1. The monoisotopic (exact) mass is 556 g/mol. The van der Waals surface area contributed by atoms with E-state index in [9.17, 15) is 18.4 Å². The summed E-state index contributed by atoms with van der Waals surface area (Å²) in [4.78, 5) is 19.1. The van der Waals surface area contributed by atoms with E-state index >= 15 is 0 Å². The van der Waals surface area contributed by atoms with Crippen molar-refractivity contribution in [2.75, 3.05) is 40.0 Å². The number of hydrogen-bond acceptors (Lipinski definition) is 9. The Morgan fingerprint density at radius 2 is 1.94 bits per heavy atom. The average Bonchev–Trinajstić information content (AvgIpc) is 3.23. The number of carbonyl (C=O) groups excluding carboxylic acids is 1. The lowest BCUT2D eigenvalue weighted by atomic mass is 10.1. The fourth-order valence-electron chi connectivity index (χ4n) is 3.50.